The fourth-order valence-corrected chi connectivity index (χ4v) is 2.05. The molecule has 2 aromatic carbocycles. The molecule has 1 amide bonds. The van der Waals surface area contributed by atoms with Crippen molar-refractivity contribution in [2.45, 2.75) is 12.5 Å². The number of phenols is 2. The number of rotatable bonds is 4. The smallest absolute Gasteiger partial charge is 0.243 e. The van der Waals surface area contributed by atoms with Crippen LogP contribution in [0.25, 0.3) is 0 Å². The molecule has 0 aliphatic heterocycles. The Labute approximate surface area is 123 Å². The topological polar surface area (TPSA) is 86.8 Å². The molecule has 2 rings (SSSR count). The second kappa shape index (κ2) is 6.28. The maximum atomic E-state index is 12.3. The van der Waals surface area contributed by atoms with E-state index in [1.807, 2.05) is 0 Å². The minimum atomic E-state index is -0.693. The highest BCUT2D eigenvalue weighted by Crippen LogP contribution is 2.20. The summed E-state index contributed by atoms with van der Waals surface area (Å²) in [5.41, 5.74) is 7.40. The SMILES string of the molecule is CN(C(=O)[C@H](N)Cc1ccc(O)cc1)c1cccc(O)c1. The van der Waals surface area contributed by atoms with Gasteiger partial charge in [0.2, 0.25) is 5.91 Å². The molecule has 2 aromatic rings. The monoisotopic (exact) mass is 286 g/mol. The van der Waals surface area contributed by atoms with Crippen molar-refractivity contribution in [2.75, 3.05) is 11.9 Å². The van der Waals surface area contributed by atoms with E-state index in [0.717, 1.165) is 5.56 Å². The molecule has 5 heteroatoms. The zero-order valence-corrected chi connectivity index (χ0v) is 11.7. The van der Waals surface area contributed by atoms with Crippen molar-refractivity contribution >= 4 is 11.6 Å². The lowest BCUT2D eigenvalue weighted by Gasteiger charge is -2.21. The highest BCUT2D eigenvalue weighted by molar-refractivity contribution is 5.96. The number of likely N-dealkylation sites (N-methyl/N-ethyl adjacent to an activating group) is 1. The third-order valence-corrected chi connectivity index (χ3v) is 3.26. The standard InChI is InChI=1S/C16H18N2O3/c1-18(12-3-2-4-14(20)10-12)16(21)15(17)9-11-5-7-13(19)8-6-11/h2-8,10,15,19-20H,9,17H2,1H3/t15-/m1/s1. The Morgan fingerprint density at radius 3 is 2.43 bits per heavy atom. The van der Waals surface area contributed by atoms with Crippen molar-refractivity contribution in [3.8, 4) is 11.5 Å². The van der Waals surface area contributed by atoms with Crippen LogP contribution < -0.4 is 10.6 Å². The number of phenolic OH excluding ortho intramolecular Hbond substituents is 2. The minimum Gasteiger partial charge on any atom is -0.508 e. The fraction of sp³-hybridized carbons (Fsp3) is 0.188. The third kappa shape index (κ3) is 3.73. The molecule has 0 aliphatic carbocycles. The largest absolute Gasteiger partial charge is 0.508 e. The van der Waals surface area contributed by atoms with E-state index in [2.05, 4.69) is 0 Å². The average molecular weight is 286 g/mol. The van der Waals surface area contributed by atoms with E-state index in [4.69, 9.17) is 5.73 Å². The number of nitrogens with zero attached hydrogens (tertiary/aromatic N) is 1. The molecule has 110 valence electrons. The molecule has 5 nitrogen and oxygen atoms in total. The molecule has 0 aliphatic rings. The minimum absolute atomic E-state index is 0.0965. The summed E-state index contributed by atoms with van der Waals surface area (Å²) in [6.45, 7) is 0. The van der Waals surface area contributed by atoms with Gasteiger partial charge >= 0.3 is 0 Å². The quantitative estimate of drug-likeness (QED) is 0.797. The fourth-order valence-electron chi connectivity index (χ4n) is 2.05. The molecular formula is C16H18N2O3. The molecule has 1 atom stereocenters. The van der Waals surface area contributed by atoms with Gasteiger partial charge in [-0.05, 0) is 36.2 Å². The highest BCUT2D eigenvalue weighted by atomic mass is 16.3. The zero-order chi connectivity index (χ0) is 15.4. The molecule has 0 bridgehead atoms. The average Bonchev–Trinajstić information content (AvgIpc) is 2.48. The van der Waals surface area contributed by atoms with E-state index in [-0.39, 0.29) is 17.4 Å². The first kappa shape index (κ1) is 14.9. The van der Waals surface area contributed by atoms with Gasteiger partial charge in [0.15, 0.2) is 0 Å². The summed E-state index contributed by atoms with van der Waals surface area (Å²) in [6.07, 6.45) is 0.377. The van der Waals surface area contributed by atoms with Crippen molar-refractivity contribution in [2.24, 2.45) is 5.73 Å². The van der Waals surface area contributed by atoms with Gasteiger partial charge in [0.25, 0.3) is 0 Å². The summed E-state index contributed by atoms with van der Waals surface area (Å²) < 4.78 is 0. The van der Waals surface area contributed by atoms with Gasteiger partial charge in [0.1, 0.15) is 11.5 Å². The van der Waals surface area contributed by atoms with E-state index in [9.17, 15) is 15.0 Å². The predicted octanol–water partition coefficient (Wildman–Crippen LogP) is 1.63. The van der Waals surface area contributed by atoms with Crippen LogP contribution in [0.3, 0.4) is 0 Å². The van der Waals surface area contributed by atoms with Crippen LogP contribution in [0.1, 0.15) is 5.56 Å². The Hall–Kier alpha value is -2.53. The zero-order valence-electron chi connectivity index (χ0n) is 11.7. The molecule has 0 fully saturated rings. The van der Waals surface area contributed by atoms with Gasteiger partial charge in [-0.25, -0.2) is 0 Å². The Morgan fingerprint density at radius 1 is 1.14 bits per heavy atom. The van der Waals surface area contributed by atoms with Crippen LogP contribution in [0, 0.1) is 0 Å². The van der Waals surface area contributed by atoms with Crippen molar-refractivity contribution < 1.29 is 15.0 Å². The second-order valence-electron chi connectivity index (χ2n) is 4.89. The van der Waals surface area contributed by atoms with Crippen LogP contribution in [0.4, 0.5) is 5.69 Å². The summed E-state index contributed by atoms with van der Waals surface area (Å²) in [4.78, 5) is 13.7. The van der Waals surface area contributed by atoms with Gasteiger partial charge in [0, 0.05) is 18.8 Å². The molecule has 0 radical (unpaired) electrons. The summed E-state index contributed by atoms with van der Waals surface area (Å²) >= 11 is 0. The molecule has 21 heavy (non-hydrogen) atoms. The van der Waals surface area contributed by atoms with E-state index >= 15 is 0 Å². The van der Waals surface area contributed by atoms with Crippen LogP contribution in [-0.4, -0.2) is 29.2 Å². The normalized spacial score (nSPS) is 11.9. The van der Waals surface area contributed by atoms with Crippen LogP contribution in [0.5, 0.6) is 11.5 Å². The molecule has 0 spiro atoms. The van der Waals surface area contributed by atoms with E-state index in [1.54, 1.807) is 43.4 Å². The predicted molar refractivity (Wildman–Crippen MR) is 81.3 cm³/mol. The Morgan fingerprint density at radius 2 is 1.81 bits per heavy atom. The summed E-state index contributed by atoms with van der Waals surface area (Å²) in [5, 5.41) is 18.7. The summed E-state index contributed by atoms with van der Waals surface area (Å²) in [5.74, 6) is 0.0310. The number of hydrogen-bond acceptors (Lipinski definition) is 4. The van der Waals surface area contributed by atoms with Gasteiger partial charge in [-0.3, -0.25) is 4.79 Å². The van der Waals surface area contributed by atoms with E-state index in [0.29, 0.717) is 12.1 Å². The maximum Gasteiger partial charge on any atom is 0.243 e. The van der Waals surface area contributed by atoms with Crippen LogP contribution in [0.2, 0.25) is 0 Å². The van der Waals surface area contributed by atoms with Gasteiger partial charge in [-0.2, -0.15) is 0 Å². The lowest BCUT2D eigenvalue weighted by molar-refractivity contribution is -0.119. The van der Waals surface area contributed by atoms with Crippen LogP contribution in [-0.2, 0) is 11.2 Å². The number of hydrogen-bond donors (Lipinski definition) is 3. The molecule has 0 heterocycles. The van der Waals surface area contributed by atoms with E-state index in [1.165, 1.54) is 17.0 Å². The Balaban J connectivity index is 2.06. The first-order valence-corrected chi connectivity index (χ1v) is 6.57. The lowest BCUT2D eigenvalue weighted by Crippen LogP contribution is -2.43. The van der Waals surface area contributed by atoms with Gasteiger partial charge in [-0.1, -0.05) is 18.2 Å². The molecule has 0 saturated carbocycles. The van der Waals surface area contributed by atoms with Crippen molar-refractivity contribution in [3.05, 3.63) is 54.1 Å². The highest BCUT2D eigenvalue weighted by Gasteiger charge is 2.19. The molecule has 0 saturated heterocycles. The summed E-state index contributed by atoms with van der Waals surface area (Å²) in [6, 6.07) is 12.3. The number of anilines is 1. The van der Waals surface area contributed by atoms with Gasteiger partial charge in [-0.15, -0.1) is 0 Å². The Kier molecular flexibility index (Phi) is 4.45. The first-order chi connectivity index (χ1) is 9.97. The van der Waals surface area contributed by atoms with Crippen molar-refractivity contribution in [3.63, 3.8) is 0 Å². The van der Waals surface area contributed by atoms with E-state index < -0.39 is 6.04 Å². The summed E-state index contributed by atoms with van der Waals surface area (Å²) in [7, 11) is 1.62. The number of nitrogens with two attached hydrogens (primary N) is 1. The van der Waals surface area contributed by atoms with Crippen molar-refractivity contribution in [1.82, 2.24) is 0 Å². The number of amides is 1. The number of benzene rings is 2. The number of carbonyl (C=O) groups excluding carboxylic acids is 1. The number of carbonyl (C=O) groups is 1. The van der Waals surface area contributed by atoms with Gasteiger partial charge in [0.05, 0.1) is 6.04 Å². The molecule has 0 aromatic heterocycles. The Bertz CT molecular complexity index is 626. The van der Waals surface area contributed by atoms with Gasteiger partial charge < -0.3 is 20.8 Å². The molecular weight excluding hydrogens is 268 g/mol. The molecule has 0 unspecified atom stereocenters. The molecule has 4 N–H and O–H groups in total. The first-order valence-electron chi connectivity index (χ1n) is 6.57. The lowest BCUT2D eigenvalue weighted by atomic mass is 10.1. The maximum absolute atomic E-state index is 12.3. The number of aromatic hydroxyl groups is 2. The van der Waals surface area contributed by atoms with Crippen molar-refractivity contribution in [1.29, 1.82) is 0 Å². The van der Waals surface area contributed by atoms with Crippen LogP contribution in [0.15, 0.2) is 48.5 Å². The van der Waals surface area contributed by atoms with Crippen LogP contribution >= 0.6 is 0 Å². The third-order valence-electron chi connectivity index (χ3n) is 3.26. The second-order valence-corrected chi connectivity index (χ2v) is 4.89.